The highest BCUT2D eigenvalue weighted by molar-refractivity contribution is 7.16. The van der Waals surface area contributed by atoms with Gasteiger partial charge in [0, 0.05) is 24.5 Å². The molecule has 3 heterocycles. The van der Waals surface area contributed by atoms with Gasteiger partial charge < -0.3 is 20.1 Å². The summed E-state index contributed by atoms with van der Waals surface area (Å²) in [4.78, 5) is 29.6. The molecule has 2 aliphatic heterocycles. The molecule has 0 saturated heterocycles. The van der Waals surface area contributed by atoms with Crippen molar-refractivity contribution in [1.82, 2.24) is 10.2 Å². The fourth-order valence-electron chi connectivity index (χ4n) is 5.10. The van der Waals surface area contributed by atoms with E-state index in [4.69, 9.17) is 9.47 Å². The third-order valence-corrected chi connectivity index (χ3v) is 8.12. The Labute approximate surface area is 231 Å². The van der Waals surface area contributed by atoms with Crippen LogP contribution >= 0.6 is 11.3 Å². The highest BCUT2D eigenvalue weighted by Crippen LogP contribution is 2.42. The molecule has 0 aliphatic carbocycles. The molecule has 1 atom stereocenters. The van der Waals surface area contributed by atoms with E-state index in [2.05, 4.69) is 39.8 Å². The van der Waals surface area contributed by atoms with Crippen molar-refractivity contribution in [3.05, 3.63) is 112 Å². The summed E-state index contributed by atoms with van der Waals surface area (Å²) < 4.78 is 11.4. The second-order valence-electron chi connectivity index (χ2n) is 9.60. The van der Waals surface area contributed by atoms with Crippen LogP contribution in [-0.4, -0.2) is 29.9 Å². The lowest BCUT2D eigenvalue weighted by Crippen LogP contribution is -2.38. The first-order valence-corrected chi connectivity index (χ1v) is 13.9. The number of hydrogen-bond acceptors (Lipinski definition) is 7. The Balaban J connectivity index is 1.20. The maximum Gasteiger partial charge on any atom is 0.343 e. The second-order valence-corrected chi connectivity index (χ2v) is 10.7. The van der Waals surface area contributed by atoms with Crippen LogP contribution in [0.25, 0.3) is 0 Å². The van der Waals surface area contributed by atoms with Crippen LogP contribution < -0.4 is 20.1 Å². The van der Waals surface area contributed by atoms with Crippen LogP contribution in [-0.2, 0) is 19.5 Å². The first-order valence-electron chi connectivity index (χ1n) is 13.1. The number of carbonyl (C=O) groups excluding carboxylic acids is 2. The number of rotatable bonds is 7. The summed E-state index contributed by atoms with van der Waals surface area (Å²) in [5.74, 6) is 0.259. The summed E-state index contributed by atoms with van der Waals surface area (Å²) in [5, 5.41) is 7.53. The van der Waals surface area contributed by atoms with Crippen LogP contribution in [0.1, 0.15) is 55.4 Å². The molecule has 0 saturated carbocycles. The van der Waals surface area contributed by atoms with Crippen LogP contribution in [0.5, 0.6) is 11.5 Å². The maximum atomic E-state index is 13.3. The van der Waals surface area contributed by atoms with Gasteiger partial charge in [-0.25, -0.2) is 4.79 Å². The second kappa shape index (κ2) is 10.9. The molecule has 0 unspecified atom stereocenters. The summed E-state index contributed by atoms with van der Waals surface area (Å²) in [6.45, 7) is 4.93. The van der Waals surface area contributed by atoms with Gasteiger partial charge in [-0.05, 0) is 54.3 Å². The quantitative estimate of drug-likeness (QED) is 0.229. The smallest absolute Gasteiger partial charge is 0.343 e. The minimum atomic E-state index is -0.455. The molecule has 8 heteroatoms. The van der Waals surface area contributed by atoms with Gasteiger partial charge in [0.15, 0.2) is 11.5 Å². The molecule has 0 bridgehead atoms. The number of hydrogen-bond donors (Lipinski definition) is 2. The lowest BCUT2D eigenvalue weighted by Gasteiger charge is -2.29. The number of benzene rings is 3. The molecule has 2 N–H and O–H groups in total. The topological polar surface area (TPSA) is 79.9 Å². The van der Waals surface area contributed by atoms with Crippen molar-refractivity contribution in [1.29, 1.82) is 0 Å². The van der Waals surface area contributed by atoms with Crippen molar-refractivity contribution < 1.29 is 19.1 Å². The van der Waals surface area contributed by atoms with Gasteiger partial charge in [-0.3, -0.25) is 9.69 Å². The summed E-state index contributed by atoms with van der Waals surface area (Å²) in [7, 11) is 0. The van der Waals surface area contributed by atoms with Crippen LogP contribution in [0.3, 0.4) is 0 Å². The maximum absolute atomic E-state index is 13.3. The zero-order chi connectivity index (χ0) is 26.8. The van der Waals surface area contributed by atoms with E-state index in [-0.39, 0.29) is 5.91 Å². The Bertz CT molecular complexity index is 1500. The number of nitrogens with zero attached hydrogens (tertiary/aromatic N) is 1. The molecule has 0 radical (unpaired) electrons. The van der Waals surface area contributed by atoms with Crippen molar-refractivity contribution >= 4 is 28.2 Å². The molecule has 7 nitrogen and oxygen atoms in total. The molecule has 39 heavy (non-hydrogen) atoms. The highest BCUT2D eigenvalue weighted by Gasteiger charge is 2.33. The van der Waals surface area contributed by atoms with Gasteiger partial charge >= 0.3 is 5.97 Å². The highest BCUT2D eigenvalue weighted by atomic mass is 32.1. The average molecular weight is 540 g/mol. The van der Waals surface area contributed by atoms with E-state index in [0.29, 0.717) is 23.7 Å². The summed E-state index contributed by atoms with van der Waals surface area (Å²) >= 11 is 1.66. The third-order valence-electron chi connectivity index (χ3n) is 6.98. The predicted octanol–water partition coefficient (Wildman–Crippen LogP) is 5.78. The minimum absolute atomic E-state index is 0.0692. The number of nitrogens with one attached hydrogen (secondary N) is 2. The molecular weight excluding hydrogens is 510 g/mol. The van der Waals surface area contributed by atoms with Gasteiger partial charge in [0.2, 0.25) is 0 Å². The average Bonchev–Trinajstić information content (AvgIpc) is 3.33. The number of fused-ring (bicyclic) bond motifs is 3. The van der Waals surface area contributed by atoms with Crippen LogP contribution in [0.2, 0.25) is 0 Å². The Morgan fingerprint density at radius 2 is 1.77 bits per heavy atom. The van der Waals surface area contributed by atoms with Crippen molar-refractivity contribution in [2.75, 3.05) is 18.5 Å². The Hall–Kier alpha value is -4.14. The standard InChI is InChI=1S/C31H29N3O4S/c1-2-37-25-17-22(13-14-24(25)38-31(36)21-11-7-4-8-12-21)28-32-29(35)27-23-15-16-34(18-20-9-5-3-6-10-20)19-26(23)39-30(27)33-28/h3-14,17,28,33H,2,15-16,18-19H2,1H3,(H,32,35)/t28-/m1/s1. The molecule has 0 spiro atoms. The van der Waals surface area contributed by atoms with Gasteiger partial charge in [-0.2, -0.15) is 0 Å². The van der Waals surface area contributed by atoms with Crippen LogP contribution in [0, 0.1) is 0 Å². The SMILES string of the molecule is CCOc1cc([C@@H]2NC(=O)c3c(sc4c3CCN(Cc3ccccc3)C4)N2)ccc1OC(=O)c1ccccc1. The molecular formula is C31H29N3O4S. The molecule has 6 rings (SSSR count). The normalized spacial score (nSPS) is 16.4. The predicted molar refractivity (Wildman–Crippen MR) is 151 cm³/mol. The largest absolute Gasteiger partial charge is 0.490 e. The first-order chi connectivity index (χ1) is 19.1. The van der Waals surface area contributed by atoms with Gasteiger partial charge in [0.1, 0.15) is 11.2 Å². The number of anilines is 1. The molecule has 2 aliphatic rings. The number of thiophene rings is 1. The summed E-state index contributed by atoms with van der Waals surface area (Å²) in [6, 6.07) is 24.7. The van der Waals surface area contributed by atoms with Crippen LogP contribution in [0.4, 0.5) is 5.00 Å². The van der Waals surface area contributed by atoms with Gasteiger partial charge in [-0.15, -0.1) is 11.3 Å². The van der Waals surface area contributed by atoms with Crippen molar-refractivity contribution in [3.8, 4) is 11.5 Å². The van der Waals surface area contributed by atoms with E-state index in [1.807, 2.05) is 31.2 Å². The molecule has 4 aromatic rings. The van der Waals surface area contributed by atoms with Crippen LogP contribution in [0.15, 0.2) is 78.9 Å². The molecule has 1 aromatic heterocycles. The Morgan fingerprint density at radius 1 is 1.00 bits per heavy atom. The molecule has 3 aromatic carbocycles. The van der Waals surface area contributed by atoms with E-state index in [9.17, 15) is 9.59 Å². The lowest BCUT2D eigenvalue weighted by molar-refractivity contribution is 0.0728. The Kier molecular flexibility index (Phi) is 7.04. The fourth-order valence-corrected chi connectivity index (χ4v) is 6.42. The number of esters is 1. The lowest BCUT2D eigenvalue weighted by atomic mass is 10.00. The molecule has 198 valence electrons. The Morgan fingerprint density at radius 3 is 2.54 bits per heavy atom. The van der Waals surface area contributed by atoms with Crippen molar-refractivity contribution in [2.45, 2.75) is 32.6 Å². The van der Waals surface area contributed by atoms with Crippen molar-refractivity contribution in [3.63, 3.8) is 0 Å². The number of amides is 1. The number of ether oxygens (including phenoxy) is 2. The first kappa shape index (κ1) is 25.2. The van der Waals surface area contributed by atoms with Gasteiger partial charge in [0.05, 0.1) is 17.7 Å². The fraction of sp³-hybridized carbons (Fsp3) is 0.226. The molecule has 1 amide bonds. The minimum Gasteiger partial charge on any atom is -0.490 e. The van der Waals surface area contributed by atoms with Gasteiger partial charge in [0.25, 0.3) is 5.91 Å². The summed E-state index contributed by atoms with van der Waals surface area (Å²) in [6.07, 6.45) is 0.424. The zero-order valence-electron chi connectivity index (χ0n) is 21.6. The van der Waals surface area contributed by atoms with Crippen molar-refractivity contribution in [2.24, 2.45) is 0 Å². The van der Waals surface area contributed by atoms with E-state index in [1.165, 1.54) is 10.4 Å². The van der Waals surface area contributed by atoms with E-state index < -0.39 is 12.1 Å². The third kappa shape index (κ3) is 5.26. The zero-order valence-corrected chi connectivity index (χ0v) is 22.4. The summed E-state index contributed by atoms with van der Waals surface area (Å²) in [5.41, 5.74) is 4.49. The van der Waals surface area contributed by atoms with E-state index in [1.54, 1.807) is 41.7 Å². The van der Waals surface area contributed by atoms with E-state index in [0.717, 1.165) is 47.7 Å². The molecule has 0 fully saturated rings. The number of carbonyl (C=O) groups is 2. The monoisotopic (exact) mass is 539 g/mol. The van der Waals surface area contributed by atoms with Gasteiger partial charge in [-0.1, -0.05) is 54.6 Å². The van der Waals surface area contributed by atoms with E-state index >= 15 is 0 Å².